The molecular formula is C18H17NO2. The van der Waals surface area contributed by atoms with E-state index in [2.05, 4.69) is 35.0 Å². The van der Waals surface area contributed by atoms with Crippen molar-refractivity contribution < 1.29 is 9.53 Å². The average Bonchev–Trinajstić information content (AvgIpc) is 2.86. The molecule has 3 rings (SSSR count). The summed E-state index contributed by atoms with van der Waals surface area (Å²) in [5, 5.41) is 2.26. The van der Waals surface area contributed by atoms with Gasteiger partial charge in [0.05, 0.1) is 13.5 Å². The van der Waals surface area contributed by atoms with Crippen molar-refractivity contribution in [3.8, 4) is 0 Å². The van der Waals surface area contributed by atoms with E-state index < -0.39 is 0 Å². The summed E-state index contributed by atoms with van der Waals surface area (Å²) in [6, 6.07) is 18.4. The Kier molecular flexibility index (Phi) is 3.73. The molecule has 106 valence electrons. The number of hydrogen-bond acceptors (Lipinski definition) is 2. The van der Waals surface area contributed by atoms with Gasteiger partial charge in [0.2, 0.25) is 0 Å². The number of ether oxygens (including phenoxy) is 1. The van der Waals surface area contributed by atoms with E-state index in [1.807, 2.05) is 30.3 Å². The quantitative estimate of drug-likeness (QED) is 0.685. The first-order valence-electron chi connectivity index (χ1n) is 6.95. The molecular weight excluding hydrogens is 262 g/mol. The van der Waals surface area contributed by atoms with Crippen molar-refractivity contribution in [1.29, 1.82) is 0 Å². The van der Waals surface area contributed by atoms with E-state index in [1.54, 1.807) is 0 Å². The molecule has 0 atom stereocenters. The van der Waals surface area contributed by atoms with E-state index in [1.165, 1.54) is 12.7 Å². The van der Waals surface area contributed by atoms with E-state index in [-0.39, 0.29) is 12.4 Å². The van der Waals surface area contributed by atoms with Crippen LogP contribution in [0, 0.1) is 0 Å². The van der Waals surface area contributed by atoms with Gasteiger partial charge in [-0.15, -0.1) is 0 Å². The second-order valence-electron chi connectivity index (χ2n) is 5.03. The van der Waals surface area contributed by atoms with Crippen molar-refractivity contribution >= 4 is 16.7 Å². The second kappa shape index (κ2) is 5.83. The molecule has 0 aliphatic rings. The van der Waals surface area contributed by atoms with Gasteiger partial charge in [0.1, 0.15) is 0 Å². The number of hydrogen-bond donors (Lipinski definition) is 0. The molecule has 0 saturated carbocycles. The fraction of sp³-hybridized carbons (Fsp3) is 0.167. The van der Waals surface area contributed by atoms with Crippen LogP contribution in [0.25, 0.3) is 10.8 Å². The van der Waals surface area contributed by atoms with E-state index in [0.717, 1.165) is 23.0 Å². The van der Waals surface area contributed by atoms with Crippen LogP contribution in [0.3, 0.4) is 0 Å². The molecule has 1 aromatic heterocycles. The van der Waals surface area contributed by atoms with Gasteiger partial charge >= 0.3 is 5.97 Å². The summed E-state index contributed by atoms with van der Waals surface area (Å²) < 4.78 is 6.96. The Hall–Kier alpha value is -2.55. The highest BCUT2D eigenvalue weighted by Gasteiger charge is 2.13. The highest BCUT2D eigenvalue weighted by atomic mass is 16.5. The number of nitrogens with zero attached hydrogens (tertiary/aromatic N) is 1. The molecule has 0 fully saturated rings. The first kappa shape index (κ1) is 13.4. The predicted molar refractivity (Wildman–Crippen MR) is 83.2 cm³/mol. The Morgan fingerprint density at radius 2 is 1.76 bits per heavy atom. The first-order chi connectivity index (χ1) is 10.3. The van der Waals surface area contributed by atoms with Crippen molar-refractivity contribution in [2.45, 2.75) is 13.0 Å². The monoisotopic (exact) mass is 279 g/mol. The van der Waals surface area contributed by atoms with Gasteiger partial charge in [0.15, 0.2) is 0 Å². The first-order valence-corrected chi connectivity index (χ1v) is 6.95. The molecule has 0 spiro atoms. The van der Waals surface area contributed by atoms with Crippen LogP contribution < -0.4 is 0 Å². The topological polar surface area (TPSA) is 31.2 Å². The normalized spacial score (nSPS) is 10.7. The summed E-state index contributed by atoms with van der Waals surface area (Å²) in [6.45, 7) is 0.752. The number of rotatable bonds is 4. The summed E-state index contributed by atoms with van der Waals surface area (Å²) >= 11 is 0. The highest BCUT2D eigenvalue weighted by Crippen LogP contribution is 2.23. The van der Waals surface area contributed by atoms with E-state index in [9.17, 15) is 4.79 Å². The fourth-order valence-corrected chi connectivity index (χ4v) is 2.60. The summed E-state index contributed by atoms with van der Waals surface area (Å²) in [5.74, 6) is -0.215. The molecule has 21 heavy (non-hydrogen) atoms. The molecule has 3 heteroatoms. The number of fused-ring (bicyclic) bond motifs is 1. The third-order valence-corrected chi connectivity index (χ3v) is 3.65. The van der Waals surface area contributed by atoms with Gasteiger partial charge in [-0.1, -0.05) is 54.6 Å². The number of carbonyl (C=O) groups excluding carboxylic acids is 1. The van der Waals surface area contributed by atoms with E-state index in [4.69, 9.17) is 4.74 Å². The van der Waals surface area contributed by atoms with Gasteiger partial charge in [-0.05, 0) is 10.9 Å². The molecule has 0 N–H and O–H groups in total. The number of carbonyl (C=O) groups is 1. The van der Waals surface area contributed by atoms with Crippen LogP contribution in [-0.4, -0.2) is 17.6 Å². The lowest BCUT2D eigenvalue weighted by Gasteiger charge is -2.09. The Balaban J connectivity index is 2.04. The van der Waals surface area contributed by atoms with Crippen molar-refractivity contribution in [2.75, 3.05) is 7.11 Å². The summed E-state index contributed by atoms with van der Waals surface area (Å²) in [6.07, 6.45) is 2.39. The lowest BCUT2D eigenvalue weighted by molar-refractivity contribution is -0.139. The molecule has 0 amide bonds. The number of benzene rings is 2. The zero-order valence-electron chi connectivity index (χ0n) is 12.0. The lowest BCUT2D eigenvalue weighted by atomic mass is 10.1. The molecule has 1 heterocycles. The van der Waals surface area contributed by atoms with Gasteiger partial charge in [-0.2, -0.15) is 0 Å². The zero-order valence-corrected chi connectivity index (χ0v) is 12.0. The van der Waals surface area contributed by atoms with Crippen LogP contribution in [0.1, 0.15) is 11.3 Å². The Morgan fingerprint density at radius 1 is 1.05 bits per heavy atom. The third-order valence-electron chi connectivity index (χ3n) is 3.65. The molecule has 0 radical (unpaired) electrons. The maximum Gasteiger partial charge on any atom is 0.311 e. The van der Waals surface area contributed by atoms with Crippen LogP contribution in [0.2, 0.25) is 0 Å². The van der Waals surface area contributed by atoms with E-state index in [0.29, 0.717) is 0 Å². The highest BCUT2D eigenvalue weighted by molar-refractivity contribution is 5.88. The molecule has 2 aromatic carbocycles. The standard InChI is InChI=1S/C18H17NO2/c1-21-18(20)11-17-16-10-6-5-9-15(16)13-19(17)12-14-7-3-2-4-8-14/h2-10,13H,11-12H2,1H3. The largest absolute Gasteiger partial charge is 0.469 e. The minimum atomic E-state index is -0.215. The average molecular weight is 279 g/mol. The van der Waals surface area contributed by atoms with Crippen molar-refractivity contribution in [2.24, 2.45) is 0 Å². The van der Waals surface area contributed by atoms with Gasteiger partial charge in [0, 0.05) is 23.8 Å². The summed E-state index contributed by atoms with van der Waals surface area (Å²) in [5.41, 5.74) is 2.21. The van der Waals surface area contributed by atoms with E-state index >= 15 is 0 Å². The zero-order chi connectivity index (χ0) is 14.7. The van der Waals surface area contributed by atoms with Gasteiger partial charge in [0.25, 0.3) is 0 Å². The van der Waals surface area contributed by atoms with Crippen LogP contribution in [0.5, 0.6) is 0 Å². The maximum atomic E-state index is 11.7. The second-order valence-corrected chi connectivity index (χ2v) is 5.03. The predicted octanol–water partition coefficient (Wildman–Crippen LogP) is 3.41. The van der Waals surface area contributed by atoms with Gasteiger partial charge < -0.3 is 9.30 Å². The number of esters is 1. The molecule has 3 aromatic rings. The Labute approximate surface area is 123 Å². The molecule has 0 aliphatic carbocycles. The number of aromatic nitrogens is 1. The van der Waals surface area contributed by atoms with Crippen molar-refractivity contribution in [1.82, 2.24) is 4.57 Å². The Bertz CT molecular complexity index is 759. The molecule has 0 aliphatic heterocycles. The minimum Gasteiger partial charge on any atom is -0.469 e. The maximum absolute atomic E-state index is 11.7. The molecule has 3 nitrogen and oxygen atoms in total. The molecule has 0 bridgehead atoms. The van der Waals surface area contributed by atoms with Crippen molar-refractivity contribution in [3.63, 3.8) is 0 Å². The van der Waals surface area contributed by atoms with Gasteiger partial charge in [-0.3, -0.25) is 4.79 Å². The van der Waals surface area contributed by atoms with Crippen LogP contribution in [-0.2, 0) is 22.5 Å². The smallest absolute Gasteiger partial charge is 0.311 e. The minimum absolute atomic E-state index is 0.215. The fourth-order valence-electron chi connectivity index (χ4n) is 2.60. The third kappa shape index (κ3) is 2.82. The van der Waals surface area contributed by atoms with Crippen LogP contribution in [0.4, 0.5) is 0 Å². The van der Waals surface area contributed by atoms with Crippen LogP contribution >= 0.6 is 0 Å². The summed E-state index contributed by atoms with van der Waals surface area (Å²) in [7, 11) is 1.43. The number of methoxy groups -OCH3 is 1. The Morgan fingerprint density at radius 3 is 2.52 bits per heavy atom. The summed E-state index contributed by atoms with van der Waals surface area (Å²) in [4.78, 5) is 11.7. The van der Waals surface area contributed by atoms with Crippen molar-refractivity contribution in [3.05, 3.63) is 72.1 Å². The molecule has 0 saturated heterocycles. The lowest BCUT2D eigenvalue weighted by Crippen LogP contribution is -2.10. The van der Waals surface area contributed by atoms with Crippen LogP contribution in [0.15, 0.2) is 60.8 Å². The molecule has 0 unspecified atom stereocenters. The van der Waals surface area contributed by atoms with Gasteiger partial charge in [-0.25, -0.2) is 0 Å². The SMILES string of the molecule is COC(=O)Cc1c2ccccc2cn1Cc1ccccc1.